The number of phenols is 2. The van der Waals surface area contributed by atoms with Gasteiger partial charge in [-0.1, -0.05) is 72.8 Å². The van der Waals surface area contributed by atoms with Crippen LogP contribution in [-0.2, 0) is 9.59 Å². The highest BCUT2D eigenvalue weighted by Crippen LogP contribution is 2.23. The third kappa shape index (κ3) is 8.54. The third-order valence-corrected chi connectivity index (χ3v) is 5.18. The monoisotopic (exact) mass is 495 g/mol. The zero-order valence-electron chi connectivity index (χ0n) is 19.7. The number of carboxylic acid groups (broad SMARTS) is 1. The summed E-state index contributed by atoms with van der Waals surface area (Å²) in [6.45, 7) is 0. The first-order valence-electron chi connectivity index (χ1n) is 11.2. The molecule has 0 atom stereocenters. The van der Waals surface area contributed by atoms with Gasteiger partial charge >= 0.3 is 5.97 Å². The lowest BCUT2D eigenvalue weighted by Gasteiger charge is -2.02. The van der Waals surface area contributed by atoms with Crippen molar-refractivity contribution in [2.45, 2.75) is 0 Å². The van der Waals surface area contributed by atoms with E-state index in [1.807, 2.05) is 72.8 Å². The fourth-order valence-electron chi connectivity index (χ4n) is 3.26. The number of rotatable bonds is 6. The average molecular weight is 496 g/mol. The van der Waals surface area contributed by atoms with Crippen LogP contribution in [0, 0.1) is 0 Å². The van der Waals surface area contributed by atoms with Crippen molar-refractivity contribution < 1.29 is 30.1 Å². The number of hydrogen-bond acceptors (Lipinski definition) is 5. The van der Waals surface area contributed by atoms with Crippen LogP contribution in [0.4, 0.5) is 0 Å². The van der Waals surface area contributed by atoms with Gasteiger partial charge in [-0.05, 0) is 69.8 Å². The molecule has 0 unspecified atom stereocenters. The highest BCUT2D eigenvalue weighted by molar-refractivity contribution is 5.90. The minimum absolute atomic E-state index is 0.235. The van der Waals surface area contributed by atoms with Crippen molar-refractivity contribution in [2.75, 3.05) is 0 Å². The van der Waals surface area contributed by atoms with E-state index in [0.717, 1.165) is 39.5 Å². The van der Waals surface area contributed by atoms with Crippen LogP contribution in [0.25, 0.3) is 34.4 Å². The lowest BCUT2D eigenvalue weighted by Crippen LogP contribution is -2.14. The molecule has 0 aromatic heterocycles. The van der Waals surface area contributed by atoms with E-state index in [1.54, 1.807) is 36.4 Å². The molecule has 4 aromatic rings. The number of hydroxylamine groups is 1. The lowest BCUT2D eigenvalue weighted by molar-refractivity contribution is -0.131. The Labute approximate surface area is 213 Å². The SMILES string of the molecule is O=C(/C=C/c1ccc(-c2ccc(O)cc2)cc1)NO.O=C(O)/C=C/c1ccc(-c2ccc(O)cc2)cc1. The Hall–Kier alpha value is -5.14. The normalized spacial score (nSPS) is 10.6. The second kappa shape index (κ2) is 13.1. The molecular weight excluding hydrogens is 470 g/mol. The first kappa shape index (κ1) is 26.5. The maximum absolute atomic E-state index is 10.8. The molecule has 0 aliphatic heterocycles. The van der Waals surface area contributed by atoms with Crippen molar-refractivity contribution in [3.05, 3.63) is 120 Å². The minimum Gasteiger partial charge on any atom is -0.508 e. The van der Waals surface area contributed by atoms with Crippen LogP contribution < -0.4 is 5.48 Å². The van der Waals surface area contributed by atoms with E-state index in [9.17, 15) is 19.8 Å². The summed E-state index contributed by atoms with van der Waals surface area (Å²) in [5.41, 5.74) is 7.25. The highest BCUT2D eigenvalue weighted by Gasteiger charge is 1.99. The quantitative estimate of drug-likeness (QED) is 0.132. The van der Waals surface area contributed by atoms with Crippen molar-refractivity contribution in [3.63, 3.8) is 0 Å². The number of phenolic OH excluding ortho intramolecular Hbond substituents is 2. The Balaban J connectivity index is 0.000000206. The van der Waals surface area contributed by atoms with Crippen molar-refractivity contribution in [3.8, 4) is 33.8 Å². The molecule has 5 N–H and O–H groups in total. The second-order valence-corrected chi connectivity index (χ2v) is 7.82. The van der Waals surface area contributed by atoms with Crippen LogP contribution in [0.2, 0.25) is 0 Å². The number of nitrogens with one attached hydrogen (secondary N) is 1. The molecular formula is C30H25NO6. The van der Waals surface area contributed by atoms with Gasteiger partial charge in [0, 0.05) is 12.2 Å². The fourth-order valence-corrected chi connectivity index (χ4v) is 3.26. The molecule has 0 spiro atoms. The number of benzene rings is 4. The van der Waals surface area contributed by atoms with Gasteiger partial charge in [0.05, 0.1) is 0 Å². The predicted molar refractivity (Wildman–Crippen MR) is 143 cm³/mol. The number of aliphatic carboxylic acids is 1. The van der Waals surface area contributed by atoms with Crippen molar-refractivity contribution >= 4 is 24.0 Å². The van der Waals surface area contributed by atoms with E-state index in [1.165, 1.54) is 11.6 Å². The zero-order valence-corrected chi connectivity index (χ0v) is 19.7. The summed E-state index contributed by atoms with van der Waals surface area (Å²) in [5.74, 6) is -1.06. The molecule has 0 heterocycles. The molecule has 0 aliphatic carbocycles. The highest BCUT2D eigenvalue weighted by atomic mass is 16.5. The maximum atomic E-state index is 10.8. The Kier molecular flexibility index (Phi) is 9.36. The molecule has 0 aliphatic rings. The lowest BCUT2D eigenvalue weighted by atomic mass is 10.0. The summed E-state index contributed by atoms with van der Waals surface area (Å²) in [5, 5.41) is 35.3. The standard InChI is InChI=1S/C15H13NO3.C15H12O3/c17-14-8-6-13(7-9-14)12-4-1-11(2-5-12)3-10-15(18)16-19;16-14-8-6-13(7-9-14)12-4-1-11(2-5-12)3-10-15(17)18/h1-10,17,19H,(H,16,18);1-10,16H,(H,17,18)/b2*10-3+. The topological polar surface area (TPSA) is 127 Å². The van der Waals surface area contributed by atoms with Crippen LogP contribution >= 0.6 is 0 Å². The molecule has 7 heteroatoms. The van der Waals surface area contributed by atoms with E-state index in [-0.39, 0.29) is 11.5 Å². The Bertz CT molecular complexity index is 1370. The molecule has 4 aromatic carbocycles. The maximum Gasteiger partial charge on any atom is 0.328 e. The second-order valence-electron chi connectivity index (χ2n) is 7.82. The molecule has 4 rings (SSSR count). The van der Waals surface area contributed by atoms with E-state index >= 15 is 0 Å². The third-order valence-electron chi connectivity index (χ3n) is 5.18. The first-order chi connectivity index (χ1) is 17.8. The molecule has 0 saturated carbocycles. The van der Waals surface area contributed by atoms with Gasteiger partial charge in [0.2, 0.25) is 0 Å². The van der Waals surface area contributed by atoms with E-state index in [4.69, 9.17) is 10.3 Å². The largest absolute Gasteiger partial charge is 0.508 e. The van der Waals surface area contributed by atoms with E-state index in [2.05, 4.69) is 0 Å². The van der Waals surface area contributed by atoms with Gasteiger partial charge in [-0.2, -0.15) is 0 Å². The summed E-state index contributed by atoms with van der Waals surface area (Å²) >= 11 is 0. The van der Waals surface area contributed by atoms with Crippen LogP contribution in [0.15, 0.2) is 109 Å². The Morgan fingerprint density at radius 2 is 0.865 bits per heavy atom. The summed E-state index contributed by atoms with van der Waals surface area (Å²) in [7, 11) is 0. The number of amides is 1. The number of carbonyl (C=O) groups excluding carboxylic acids is 1. The summed E-state index contributed by atoms with van der Waals surface area (Å²) in [6, 6.07) is 28.9. The van der Waals surface area contributed by atoms with Gasteiger partial charge < -0.3 is 15.3 Å². The van der Waals surface area contributed by atoms with Crippen molar-refractivity contribution in [1.29, 1.82) is 0 Å². The van der Waals surface area contributed by atoms with Crippen molar-refractivity contribution in [2.24, 2.45) is 0 Å². The number of aromatic hydroxyl groups is 2. The molecule has 0 bridgehead atoms. The van der Waals surface area contributed by atoms with Crippen LogP contribution in [0.3, 0.4) is 0 Å². The van der Waals surface area contributed by atoms with Crippen molar-refractivity contribution in [1.82, 2.24) is 5.48 Å². The van der Waals surface area contributed by atoms with Gasteiger partial charge in [0.25, 0.3) is 5.91 Å². The fraction of sp³-hybridized carbons (Fsp3) is 0. The molecule has 0 saturated heterocycles. The summed E-state index contributed by atoms with van der Waals surface area (Å²) in [6.07, 6.45) is 5.50. The number of carbonyl (C=O) groups is 2. The first-order valence-corrected chi connectivity index (χ1v) is 11.2. The smallest absolute Gasteiger partial charge is 0.328 e. The van der Waals surface area contributed by atoms with Crippen LogP contribution in [0.1, 0.15) is 11.1 Å². The molecule has 1 amide bonds. The average Bonchev–Trinajstić information content (AvgIpc) is 2.92. The molecule has 0 fully saturated rings. The number of hydrogen-bond donors (Lipinski definition) is 5. The van der Waals surface area contributed by atoms with Gasteiger partial charge in [0.15, 0.2) is 0 Å². The Morgan fingerprint density at radius 3 is 1.19 bits per heavy atom. The minimum atomic E-state index is -0.961. The molecule has 7 nitrogen and oxygen atoms in total. The predicted octanol–water partition coefficient (Wildman–Crippen LogP) is 5.73. The van der Waals surface area contributed by atoms with Gasteiger partial charge in [-0.25, -0.2) is 10.3 Å². The van der Waals surface area contributed by atoms with Crippen LogP contribution in [0.5, 0.6) is 11.5 Å². The van der Waals surface area contributed by atoms with Gasteiger partial charge in [-0.3, -0.25) is 10.0 Å². The summed E-state index contributed by atoms with van der Waals surface area (Å²) in [4.78, 5) is 21.2. The van der Waals surface area contributed by atoms with Gasteiger partial charge in [0.1, 0.15) is 11.5 Å². The van der Waals surface area contributed by atoms with E-state index in [0.29, 0.717) is 0 Å². The molecule has 186 valence electrons. The zero-order chi connectivity index (χ0) is 26.6. The Morgan fingerprint density at radius 1 is 0.541 bits per heavy atom. The van der Waals surface area contributed by atoms with Crippen LogP contribution in [-0.4, -0.2) is 32.4 Å². The summed E-state index contributed by atoms with van der Waals surface area (Å²) < 4.78 is 0. The molecule has 37 heavy (non-hydrogen) atoms. The molecule has 0 radical (unpaired) electrons. The van der Waals surface area contributed by atoms with Gasteiger partial charge in [-0.15, -0.1) is 0 Å². The van der Waals surface area contributed by atoms with E-state index < -0.39 is 11.9 Å². The number of carboxylic acids is 1.